The van der Waals surface area contributed by atoms with E-state index in [0.717, 1.165) is 19.4 Å². The molecule has 0 aromatic heterocycles. The lowest BCUT2D eigenvalue weighted by molar-refractivity contribution is -0.859. The van der Waals surface area contributed by atoms with Crippen LogP contribution in [0.4, 0.5) is 0 Å². The van der Waals surface area contributed by atoms with Crippen LogP contribution in [0.25, 0.3) is 0 Å². The molecule has 1 aliphatic heterocycles. The van der Waals surface area contributed by atoms with Crippen LogP contribution in [0, 0.1) is 9.85 Å². The average Bonchev–Trinajstić information content (AvgIpc) is 3.06. The van der Waals surface area contributed by atoms with Crippen LogP contribution in [0.3, 0.4) is 0 Å². The van der Waals surface area contributed by atoms with Crippen LogP contribution in [-0.2, 0) is 9.53 Å². The van der Waals surface area contributed by atoms with Crippen molar-refractivity contribution in [3.63, 3.8) is 0 Å². The first-order valence-corrected chi connectivity index (χ1v) is 11.1. The van der Waals surface area contributed by atoms with Crippen LogP contribution < -0.4 is 0 Å². The van der Waals surface area contributed by atoms with Gasteiger partial charge < -0.3 is 4.74 Å². The molecule has 0 aliphatic carbocycles. The van der Waals surface area contributed by atoms with E-state index in [1.165, 1.54) is 57.8 Å². The number of rotatable bonds is 14. The standard InChI is InChI=1S/C21H35INO2/c1-2-3-4-5-6-7-8-9-10-13-19-25-21(24)20-23(18-14-15-22)16-11-12-17-23/h11,16H,2-10,12-13,17-20H2,1H3/q+1. The summed E-state index contributed by atoms with van der Waals surface area (Å²) in [5.41, 5.74) is 0. The normalized spacial score (nSPS) is 18.8. The lowest BCUT2D eigenvalue weighted by atomic mass is 10.1. The van der Waals surface area contributed by atoms with Crippen LogP contribution in [0.15, 0.2) is 12.3 Å². The molecule has 0 saturated carbocycles. The molecule has 142 valence electrons. The molecule has 1 aliphatic rings. The van der Waals surface area contributed by atoms with Crippen molar-refractivity contribution in [2.75, 3.05) is 26.2 Å². The average molecular weight is 460 g/mol. The van der Waals surface area contributed by atoms with E-state index in [1.54, 1.807) is 0 Å². The van der Waals surface area contributed by atoms with Crippen molar-refractivity contribution in [1.29, 1.82) is 0 Å². The van der Waals surface area contributed by atoms with Gasteiger partial charge in [-0.3, -0.25) is 4.48 Å². The van der Waals surface area contributed by atoms with Crippen LogP contribution in [0.1, 0.15) is 77.6 Å². The van der Waals surface area contributed by atoms with E-state index in [4.69, 9.17) is 4.74 Å². The van der Waals surface area contributed by atoms with Crippen molar-refractivity contribution in [1.82, 2.24) is 0 Å². The molecule has 0 aromatic carbocycles. The number of carbonyl (C=O) groups is 1. The second kappa shape index (κ2) is 14.6. The van der Waals surface area contributed by atoms with Crippen molar-refractivity contribution in [2.24, 2.45) is 0 Å². The molecular formula is C21H35INO2+. The van der Waals surface area contributed by atoms with Crippen LogP contribution in [0.5, 0.6) is 0 Å². The van der Waals surface area contributed by atoms with Gasteiger partial charge in [-0.05, 0) is 22.3 Å². The van der Waals surface area contributed by atoms with Gasteiger partial charge in [0.05, 0.1) is 19.4 Å². The summed E-state index contributed by atoms with van der Waals surface area (Å²) >= 11 is 2.05. The molecule has 1 unspecified atom stereocenters. The molecule has 0 spiro atoms. The number of hydrogen-bond acceptors (Lipinski definition) is 2. The third-order valence-corrected chi connectivity index (χ3v) is 5.21. The second-order valence-corrected chi connectivity index (χ2v) is 7.64. The predicted octanol–water partition coefficient (Wildman–Crippen LogP) is 5.58. The maximum absolute atomic E-state index is 12.1. The lowest BCUT2D eigenvalue weighted by Crippen LogP contribution is -2.46. The fourth-order valence-electron chi connectivity index (χ4n) is 3.29. The van der Waals surface area contributed by atoms with E-state index in [0.29, 0.717) is 24.2 Å². The molecule has 0 aromatic rings. The molecule has 1 atom stereocenters. The van der Waals surface area contributed by atoms with Crippen LogP contribution in [-0.4, -0.2) is 36.7 Å². The number of nitrogens with zero attached hydrogens (tertiary/aromatic N) is 1. The number of ether oxygens (including phenoxy) is 1. The largest absolute Gasteiger partial charge is 0.462 e. The van der Waals surface area contributed by atoms with Gasteiger partial charge in [0.15, 0.2) is 6.54 Å². The Balaban J connectivity index is 2.01. The van der Waals surface area contributed by atoms with Crippen LogP contribution in [0.2, 0.25) is 0 Å². The number of hydrogen-bond donors (Lipinski definition) is 0. The van der Waals surface area contributed by atoms with E-state index >= 15 is 0 Å². The highest BCUT2D eigenvalue weighted by Gasteiger charge is 2.30. The summed E-state index contributed by atoms with van der Waals surface area (Å²) in [5, 5.41) is 0. The molecule has 0 N–H and O–H groups in total. The van der Waals surface area contributed by atoms with Gasteiger partial charge in [0.1, 0.15) is 6.54 Å². The highest BCUT2D eigenvalue weighted by molar-refractivity contribution is 14.1. The Hall–Kier alpha value is -0.540. The van der Waals surface area contributed by atoms with E-state index in [1.807, 2.05) is 0 Å². The van der Waals surface area contributed by atoms with Gasteiger partial charge in [0.25, 0.3) is 0 Å². The zero-order chi connectivity index (χ0) is 18.2. The third kappa shape index (κ3) is 10.9. The van der Waals surface area contributed by atoms with Crippen molar-refractivity contribution in [3.8, 4) is 9.85 Å². The molecule has 4 heteroatoms. The van der Waals surface area contributed by atoms with Crippen molar-refractivity contribution < 1.29 is 14.0 Å². The minimum atomic E-state index is -0.0854. The summed E-state index contributed by atoms with van der Waals surface area (Å²) in [6.07, 6.45) is 18.2. The molecule has 3 nitrogen and oxygen atoms in total. The first-order valence-electron chi connectivity index (χ1n) is 10.00. The number of halogens is 1. The van der Waals surface area contributed by atoms with Gasteiger partial charge in [-0.25, -0.2) is 4.79 Å². The molecule has 1 heterocycles. The Morgan fingerprint density at radius 3 is 2.28 bits per heavy atom. The second-order valence-electron chi connectivity index (χ2n) is 7.11. The number of quaternary nitrogens is 1. The molecular weight excluding hydrogens is 425 g/mol. The van der Waals surface area contributed by atoms with Gasteiger partial charge in [0, 0.05) is 29.0 Å². The maximum Gasteiger partial charge on any atom is 0.362 e. The molecule has 0 radical (unpaired) electrons. The van der Waals surface area contributed by atoms with E-state index in [9.17, 15) is 4.79 Å². The van der Waals surface area contributed by atoms with E-state index in [2.05, 4.69) is 51.6 Å². The number of carbonyl (C=O) groups excluding carboxylic acids is 1. The zero-order valence-electron chi connectivity index (χ0n) is 15.9. The summed E-state index contributed by atoms with van der Waals surface area (Å²) in [6.45, 7) is 4.90. The molecule has 1 rings (SSSR count). The summed E-state index contributed by atoms with van der Waals surface area (Å²) < 4.78 is 8.98. The van der Waals surface area contributed by atoms with Crippen LogP contribution >= 0.6 is 22.6 Å². The number of esters is 1. The fraction of sp³-hybridized carbons (Fsp3) is 0.762. The fourth-order valence-corrected chi connectivity index (χ4v) is 3.46. The maximum atomic E-state index is 12.1. The summed E-state index contributed by atoms with van der Waals surface area (Å²) in [5.74, 6) is 3.01. The SMILES string of the molecule is CCCCCCCCCCCCOC(=O)C[N+]1(CC#CI)C=CCC1. The molecule has 0 saturated heterocycles. The molecule has 0 fully saturated rings. The topological polar surface area (TPSA) is 26.3 Å². The van der Waals surface area contributed by atoms with Gasteiger partial charge >= 0.3 is 5.97 Å². The molecule has 25 heavy (non-hydrogen) atoms. The van der Waals surface area contributed by atoms with Gasteiger partial charge in [-0.1, -0.05) is 64.7 Å². The quantitative estimate of drug-likeness (QED) is 0.111. The van der Waals surface area contributed by atoms with Gasteiger partial charge in [-0.15, -0.1) is 0 Å². The highest BCUT2D eigenvalue weighted by atomic mass is 127. The molecule has 0 bridgehead atoms. The minimum Gasteiger partial charge on any atom is -0.462 e. The zero-order valence-corrected chi connectivity index (χ0v) is 18.1. The third-order valence-electron chi connectivity index (χ3n) is 4.83. The predicted molar refractivity (Wildman–Crippen MR) is 113 cm³/mol. The first kappa shape index (κ1) is 22.5. The van der Waals surface area contributed by atoms with Crippen molar-refractivity contribution >= 4 is 28.6 Å². The monoisotopic (exact) mass is 460 g/mol. The summed E-state index contributed by atoms with van der Waals surface area (Å²) in [4.78, 5) is 12.1. The first-order chi connectivity index (χ1) is 12.2. The Labute approximate surface area is 168 Å². The minimum absolute atomic E-state index is 0.0854. The molecule has 0 amide bonds. The Bertz CT molecular complexity index is 453. The Kier molecular flexibility index (Phi) is 13.2. The van der Waals surface area contributed by atoms with Gasteiger partial charge in [0.2, 0.25) is 0 Å². The smallest absolute Gasteiger partial charge is 0.362 e. The summed E-state index contributed by atoms with van der Waals surface area (Å²) in [6, 6.07) is 0. The van der Waals surface area contributed by atoms with Crippen molar-refractivity contribution in [2.45, 2.75) is 77.6 Å². The van der Waals surface area contributed by atoms with Gasteiger partial charge in [-0.2, -0.15) is 0 Å². The lowest BCUT2D eigenvalue weighted by Gasteiger charge is -2.28. The van der Waals surface area contributed by atoms with E-state index < -0.39 is 0 Å². The van der Waals surface area contributed by atoms with Crippen molar-refractivity contribution in [3.05, 3.63) is 12.3 Å². The Morgan fingerprint density at radius 2 is 1.72 bits per heavy atom. The highest BCUT2D eigenvalue weighted by Crippen LogP contribution is 2.17. The van der Waals surface area contributed by atoms with E-state index in [-0.39, 0.29) is 5.97 Å². The Morgan fingerprint density at radius 1 is 1.08 bits per heavy atom. The summed E-state index contributed by atoms with van der Waals surface area (Å²) in [7, 11) is 0. The number of unbranched alkanes of at least 4 members (excludes halogenated alkanes) is 9.